The van der Waals surface area contributed by atoms with Gasteiger partial charge < -0.3 is 10.3 Å². The minimum atomic E-state index is -0.0813. The van der Waals surface area contributed by atoms with E-state index < -0.39 is 0 Å². The number of rotatable bonds is 5. The summed E-state index contributed by atoms with van der Waals surface area (Å²) in [6.07, 6.45) is 3.40. The number of anilines is 1. The summed E-state index contributed by atoms with van der Waals surface area (Å²) >= 11 is 6.02. The fourth-order valence-electron chi connectivity index (χ4n) is 2.94. The van der Waals surface area contributed by atoms with Crippen molar-refractivity contribution in [1.82, 2.24) is 9.97 Å². The third-order valence-corrected chi connectivity index (χ3v) is 4.48. The van der Waals surface area contributed by atoms with Crippen LogP contribution in [0.15, 0.2) is 73.1 Å². The SMILES string of the molecule is O=C(c1cccnc1NCc1ccccc1)c1c[nH]c2cc(Cl)ccc12. The maximum absolute atomic E-state index is 13.1. The van der Waals surface area contributed by atoms with E-state index in [4.69, 9.17) is 11.6 Å². The first-order valence-corrected chi connectivity index (χ1v) is 8.64. The Balaban J connectivity index is 1.65. The Kier molecular flexibility index (Phi) is 4.42. The second kappa shape index (κ2) is 7.02. The number of H-pyrrole nitrogens is 1. The van der Waals surface area contributed by atoms with Crippen LogP contribution in [0.4, 0.5) is 5.82 Å². The molecule has 0 aliphatic carbocycles. The van der Waals surface area contributed by atoms with Gasteiger partial charge in [-0.15, -0.1) is 0 Å². The van der Waals surface area contributed by atoms with E-state index in [0.29, 0.717) is 28.5 Å². The molecule has 4 aromatic rings. The largest absolute Gasteiger partial charge is 0.365 e. The molecule has 0 aliphatic heterocycles. The zero-order valence-corrected chi connectivity index (χ0v) is 14.6. The van der Waals surface area contributed by atoms with Crippen molar-refractivity contribution in [2.24, 2.45) is 0 Å². The Hall–Kier alpha value is -3.11. The van der Waals surface area contributed by atoms with Gasteiger partial charge in [0.05, 0.1) is 5.56 Å². The molecule has 0 saturated carbocycles. The van der Waals surface area contributed by atoms with Crippen LogP contribution in [0, 0.1) is 0 Å². The number of hydrogen-bond acceptors (Lipinski definition) is 3. The number of halogens is 1. The number of carbonyl (C=O) groups is 1. The third-order valence-electron chi connectivity index (χ3n) is 4.24. The van der Waals surface area contributed by atoms with E-state index in [1.807, 2.05) is 42.5 Å². The van der Waals surface area contributed by atoms with Crippen molar-refractivity contribution in [3.05, 3.63) is 94.8 Å². The van der Waals surface area contributed by atoms with E-state index in [0.717, 1.165) is 16.5 Å². The van der Waals surface area contributed by atoms with Crippen molar-refractivity contribution in [2.45, 2.75) is 6.54 Å². The molecule has 0 spiro atoms. The zero-order chi connectivity index (χ0) is 17.9. The van der Waals surface area contributed by atoms with Crippen LogP contribution in [0.1, 0.15) is 21.5 Å². The van der Waals surface area contributed by atoms with Crippen molar-refractivity contribution in [3.8, 4) is 0 Å². The molecule has 2 aromatic carbocycles. The van der Waals surface area contributed by atoms with Crippen LogP contribution in [0.25, 0.3) is 10.9 Å². The van der Waals surface area contributed by atoms with Crippen LogP contribution >= 0.6 is 11.6 Å². The smallest absolute Gasteiger partial charge is 0.198 e. The van der Waals surface area contributed by atoms with E-state index in [-0.39, 0.29) is 5.78 Å². The lowest BCUT2D eigenvalue weighted by molar-refractivity contribution is 0.104. The van der Waals surface area contributed by atoms with E-state index in [1.54, 1.807) is 30.6 Å². The molecular weight excluding hydrogens is 346 g/mol. The summed E-state index contributed by atoms with van der Waals surface area (Å²) in [5.41, 5.74) is 3.11. The molecule has 0 bridgehead atoms. The standard InChI is InChI=1S/C21H16ClN3O/c22-15-8-9-16-18(13-24-19(16)11-15)20(26)17-7-4-10-23-21(17)25-12-14-5-2-1-3-6-14/h1-11,13,24H,12H2,(H,23,25). The average molecular weight is 362 g/mol. The van der Waals surface area contributed by atoms with Gasteiger partial charge in [0.1, 0.15) is 5.82 Å². The first-order chi connectivity index (χ1) is 12.7. The van der Waals surface area contributed by atoms with Crippen molar-refractivity contribution in [1.29, 1.82) is 0 Å². The molecule has 26 heavy (non-hydrogen) atoms. The van der Waals surface area contributed by atoms with Crippen LogP contribution in [0.3, 0.4) is 0 Å². The summed E-state index contributed by atoms with van der Waals surface area (Å²) in [6, 6.07) is 19.0. The zero-order valence-electron chi connectivity index (χ0n) is 13.9. The Bertz CT molecular complexity index is 1070. The summed E-state index contributed by atoms with van der Waals surface area (Å²) in [4.78, 5) is 20.6. The first-order valence-electron chi connectivity index (χ1n) is 8.26. The Morgan fingerprint density at radius 2 is 1.88 bits per heavy atom. The highest BCUT2D eigenvalue weighted by molar-refractivity contribution is 6.31. The number of fused-ring (bicyclic) bond motifs is 1. The molecule has 2 aromatic heterocycles. The van der Waals surface area contributed by atoms with Gasteiger partial charge in [0.15, 0.2) is 5.78 Å². The van der Waals surface area contributed by atoms with Crippen LogP contribution in [0.5, 0.6) is 0 Å². The van der Waals surface area contributed by atoms with Crippen molar-refractivity contribution < 1.29 is 4.79 Å². The first kappa shape index (κ1) is 16.4. The van der Waals surface area contributed by atoms with Gasteiger partial charge in [0.2, 0.25) is 0 Å². The van der Waals surface area contributed by atoms with Gasteiger partial charge in [-0.05, 0) is 29.8 Å². The molecule has 2 N–H and O–H groups in total. The quantitative estimate of drug-likeness (QED) is 0.488. The predicted octanol–water partition coefficient (Wildman–Crippen LogP) is 5.06. The highest BCUT2D eigenvalue weighted by Gasteiger charge is 2.18. The molecule has 128 valence electrons. The Morgan fingerprint density at radius 3 is 2.73 bits per heavy atom. The lowest BCUT2D eigenvalue weighted by atomic mass is 10.0. The van der Waals surface area contributed by atoms with Gasteiger partial charge >= 0.3 is 0 Å². The summed E-state index contributed by atoms with van der Waals surface area (Å²) in [6.45, 7) is 0.599. The van der Waals surface area contributed by atoms with Gasteiger partial charge in [-0.25, -0.2) is 4.98 Å². The fraction of sp³-hybridized carbons (Fsp3) is 0.0476. The summed E-state index contributed by atoms with van der Waals surface area (Å²) in [5, 5.41) is 4.74. The van der Waals surface area contributed by atoms with Gasteiger partial charge in [0.25, 0.3) is 0 Å². The molecule has 4 rings (SSSR count). The molecule has 5 heteroatoms. The van der Waals surface area contributed by atoms with E-state index in [1.165, 1.54) is 0 Å². The topological polar surface area (TPSA) is 57.8 Å². The van der Waals surface area contributed by atoms with E-state index in [9.17, 15) is 4.79 Å². The molecule has 0 amide bonds. The fourth-order valence-corrected chi connectivity index (χ4v) is 3.11. The highest BCUT2D eigenvalue weighted by atomic mass is 35.5. The predicted molar refractivity (Wildman–Crippen MR) is 105 cm³/mol. The number of ketones is 1. The molecule has 0 fully saturated rings. The number of aromatic nitrogens is 2. The number of aromatic amines is 1. The normalized spacial score (nSPS) is 10.8. The maximum atomic E-state index is 13.1. The molecule has 4 nitrogen and oxygen atoms in total. The number of hydrogen-bond donors (Lipinski definition) is 2. The van der Waals surface area contributed by atoms with E-state index >= 15 is 0 Å². The van der Waals surface area contributed by atoms with Crippen LogP contribution in [-0.4, -0.2) is 15.8 Å². The minimum Gasteiger partial charge on any atom is -0.365 e. The Labute approximate surface area is 155 Å². The van der Waals surface area contributed by atoms with Crippen molar-refractivity contribution >= 4 is 34.1 Å². The van der Waals surface area contributed by atoms with E-state index in [2.05, 4.69) is 15.3 Å². The van der Waals surface area contributed by atoms with Gasteiger partial charge in [-0.2, -0.15) is 0 Å². The molecule has 0 radical (unpaired) electrons. The molecular formula is C21H16ClN3O. The van der Waals surface area contributed by atoms with Crippen molar-refractivity contribution in [2.75, 3.05) is 5.32 Å². The number of nitrogens with one attached hydrogen (secondary N) is 2. The highest BCUT2D eigenvalue weighted by Crippen LogP contribution is 2.26. The van der Waals surface area contributed by atoms with Gasteiger partial charge in [-0.3, -0.25) is 4.79 Å². The Morgan fingerprint density at radius 1 is 1.04 bits per heavy atom. The van der Waals surface area contributed by atoms with Gasteiger partial charge in [-0.1, -0.05) is 48.0 Å². The number of benzene rings is 2. The number of carbonyl (C=O) groups excluding carboxylic acids is 1. The number of nitrogens with zero attached hydrogens (tertiary/aromatic N) is 1. The third kappa shape index (κ3) is 3.19. The molecule has 0 atom stereocenters. The van der Waals surface area contributed by atoms with Crippen LogP contribution < -0.4 is 5.32 Å². The lowest BCUT2D eigenvalue weighted by Crippen LogP contribution is -2.09. The second-order valence-corrected chi connectivity index (χ2v) is 6.40. The number of pyridine rings is 1. The van der Waals surface area contributed by atoms with Gasteiger partial charge in [0, 0.05) is 40.4 Å². The van der Waals surface area contributed by atoms with Crippen LogP contribution in [-0.2, 0) is 6.54 Å². The van der Waals surface area contributed by atoms with Crippen molar-refractivity contribution in [3.63, 3.8) is 0 Å². The monoisotopic (exact) mass is 361 g/mol. The average Bonchev–Trinajstić information content (AvgIpc) is 3.10. The molecule has 0 unspecified atom stereocenters. The van der Waals surface area contributed by atoms with Crippen LogP contribution in [0.2, 0.25) is 5.02 Å². The molecule has 0 saturated heterocycles. The maximum Gasteiger partial charge on any atom is 0.198 e. The summed E-state index contributed by atoms with van der Waals surface area (Å²) < 4.78 is 0. The minimum absolute atomic E-state index is 0.0813. The lowest BCUT2D eigenvalue weighted by Gasteiger charge is -2.10. The summed E-state index contributed by atoms with van der Waals surface area (Å²) in [5.74, 6) is 0.493. The second-order valence-electron chi connectivity index (χ2n) is 5.96. The molecule has 0 aliphatic rings. The molecule has 2 heterocycles. The summed E-state index contributed by atoms with van der Waals surface area (Å²) in [7, 11) is 0.